The number of nitro benzene ring substituents is 1. The van der Waals surface area contributed by atoms with Crippen LogP contribution in [0, 0.1) is 10.1 Å². The van der Waals surface area contributed by atoms with Gasteiger partial charge in [-0.2, -0.15) is 0 Å². The molecule has 0 aliphatic rings. The number of nitrogens with one attached hydrogen (secondary N) is 2. The monoisotopic (exact) mass is 385 g/mol. The number of esters is 1. The first-order chi connectivity index (χ1) is 13.1. The average Bonchev–Trinajstić information content (AvgIpc) is 2.64. The lowest BCUT2D eigenvalue weighted by molar-refractivity contribution is -0.384. The number of amides is 1. The van der Waals surface area contributed by atoms with Crippen LogP contribution in [0.25, 0.3) is 0 Å². The molecule has 0 bridgehead atoms. The average molecular weight is 385 g/mol. The summed E-state index contributed by atoms with van der Waals surface area (Å²) in [6.07, 6.45) is 0. The molecule has 8 nitrogen and oxygen atoms in total. The summed E-state index contributed by atoms with van der Waals surface area (Å²) in [5.74, 6) is -0.759. The second-order valence-electron chi connectivity index (χ2n) is 7.23. The van der Waals surface area contributed by atoms with E-state index in [1.807, 2.05) is 20.8 Å². The highest BCUT2D eigenvalue weighted by Gasteiger charge is 2.20. The minimum absolute atomic E-state index is 0.115. The topological polar surface area (TPSA) is 111 Å². The van der Waals surface area contributed by atoms with Crippen molar-refractivity contribution < 1.29 is 19.2 Å². The first kappa shape index (κ1) is 20.9. The van der Waals surface area contributed by atoms with Gasteiger partial charge in [0, 0.05) is 24.2 Å². The van der Waals surface area contributed by atoms with Crippen molar-refractivity contribution in [1.29, 1.82) is 0 Å². The predicted molar refractivity (Wildman–Crippen MR) is 105 cm³/mol. The van der Waals surface area contributed by atoms with Gasteiger partial charge in [-0.25, -0.2) is 4.79 Å². The number of anilines is 1. The van der Waals surface area contributed by atoms with Crippen molar-refractivity contribution in [3.63, 3.8) is 0 Å². The van der Waals surface area contributed by atoms with Gasteiger partial charge < -0.3 is 15.4 Å². The van der Waals surface area contributed by atoms with E-state index in [0.29, 0.717) is 23.4 Å². The molecule has 0 radical (unpaired) electrons. The number of hydrogen-bond donors (Lipinski definition) is 2. The molecule has 0 aliphatic carbocycles. The number of ether oxygens (including phenoxy) is 1. The molecule has 2 aromatic rings. The maximum absolute atomic E-state index is 12.6. The van der Waals surface area contributed by atoms with E-state index < -0.39 is 16.4 Å². The molecule has 8 heteroatoms. The van der Waals surface area contributed by atoms with Crippen LogP contribution in [-0.4, -0.2) is 29.4 Å². The van der Waals surface area contributed by atoms with E-state index in [-0.39, 0.29) is 11.6 Å². The summed E-state index contributed by atoms with van der Waals surface area (Å²) >= 11 is 0. The van der Waals surface area contributed by atoms with Crippen LogP contribution in [0.1, 0.15) is 47.1 Å². The van der Waals surface area contributed by atoms with Gasteiger partial charge in [0.2, 0.25) is 0 Å². The van der Waals surface area contributed by atoms with Crippen LogP contribution in [0.5, 0.6) is 0 Å². The van der Waals surface area contributed by atoms with Gasteiger partial charge in [0.25, 0.3) is 11.6 Å². The van der Waals surface area contributed by atoms with E-state index in [2.05, 4.69) is 15.4 Å². The molecule has 0 aliphatic heterocycles. The van der Waals surface area contributed by atoms with Gasteiger partial charge in [0.15, 0.2) is 0 Å². The molecule has 2 N–H and O–H groups in total. The van der Waals surface area contributed by atoms with E-state index in [1.54, 1.807) is 24.3 Å². The minimum atomic E-state index is -0.512. The lowest BCUT2D eigenvalue weighted by Gasteiger charge is -2.21. The molecule has 1 amide bonds. The molecule has 2 rings (SSSR count). The van der Waals surface area contributed by atoms with Crippen LogP contribution in [0.3, 0.4) is 0 Å². The highest BCUT2D eigenvalue weighted by Crippen LogP contribution is 2.24. The molecule has 0 unspecified atom stereocenters. The number of benzene rings is 2. The van der Waals surface area contributed by atoms with Gasteiger partial charge in [-0.1, -0.05) is 12.1 Å². The number of carbonyl (C=O) groups is 2. The Morgan fingerprint density at radius 1 is 1.11 bits per heavy atom. The predicted octanol–water partition coefficient (Wildman–Crippen LogP) is 3.52. The second kappa shape index (κ2) is 8.51. The Hall–Kier alpha value is -3.42. The number of carbonyl (C=O) groups excluding carboxylic acids is 2. The first-order valence-electron chi connectivity index (χ1n) is 8.63. The quantitative estimate of drug-likeness (QED) is 0.447. The molecule has 0 saturated carbocycles. The molecule has 0 heterocycles. The highest BCUT2D eigenvalue weighted by atomic mass is 16.6. The molecule has 0 atom stereocenters. The standard InChI is InChI=1S/C20H23N3O5/c1-20(2,3)22-18(24)16-10-9-15(23(26)27)11-17(16)21-12-13-5-7-14(8-6-13)19(25)28-4/h5-11,21H,12H2,1-4H3,(H,22,24). The summed E-state index contributed by atoms with van der Waals surface area (Å²) in [6, 6.07) is 10.8. The van der Waals surface area contributed by atoms with Crippen molar-refractivity contribution in [1.82, 2.24) is 5.32 Å². The molecular formula is C20H23N3O5. The zero-order chi connectivity index (χ0) is 20.9. The zero-order valence-electron chi connectivity index (χ0n) is 16.2. The maximum Gasteiger partial charge on any atom is 0.337 e. The Balaban J connectivity index is 2.24. The Bertz CT molecular complexity index is 886. The Morgan fingerprint density at radius 3 is 2.29 bits per heavy atom. The van der Waals surface area contributed by atoms with Crippen LogP contribution < -0.4 is 10.6 Å². The number of methoxy groups -OCH3 is 1. The van der Waals surface area contributed by atoms with Crippen LogP contribution in [0.15, 0.2) is 42.5 Å². The van der Waals surface area contributed by atoms with Gasteiger partial charge in [-0.3, -0.25) is 14.9 Å². The molecule has 0 aromatic heterocycles. The SMILES string of the molecule is COC(=O)c1ccc(CNc2cc([N+](=O)[O-])ccc2C(=O)NC(C)(C)C)cc1. The van der Waals surface area contributed by atoms with Crippen molar-refractivity contribution in [2.24, 2.45) is 0 Å². The Labute approximate surface area is 163 Å². The fourth-order valence-corrected chi connectivity index (χ4v) is 2.47. The summed E-state index contributed by atoms with van der Waals surface area (Å²) in [7, 11) is 1.31. The Kier molecular flexibility index (Phi) is 6.35. The van der Waals surface area contributed by atoms with Crippen molar-refractivity contribution in [2.75, 3.05) is 12.4 Å². The number of rotatable bonds is 6. The third-order valence-electron chi connectivity index (χ3n) is 3.81. The lowest BCUT2D eigenvalue weighted by atomic mass is 10.1. The first-order valence-corrected chi connectivity index (χ1v) is 8.63. The fourth-order valence-electron chi connectivity index (χ4n) is 2.47. The minimum Gasteiger partial charge on any atom is -0.465 e. The maximum atomic E-state index is 12.6. The second-order valence-corrected chi connectivity index (χ2v) is 7.23. The van der Waals surface area contributed by atoms with Crippen molar-refractivity contribution >= 4 is 23.3 Å². The Morgan fingerprint density at radius 2 is 1.75 bits per heavy atom. The summed E-state index contributed by atoms with van der Waals surface area (Å²) in [6.45, 7) is 5.88. The highest BCUT2D eigenvalue weighted by molar-refractivity contribution is 6.00. The number of hydrogen-bond acceptors (Lipinski definition) is 6. The zero-order valence-corrected chi connectivity index (χ0v) is 16.2. The fraction of sp³-hybridized carbons (Fsp3) is 0.300. The third kappa shape index (κ3) is 5.54. The number of nitrogens with zero attached hydrogens (tertiary/aromatic N) is 1. The summed E-state index contributed by atoms with van der Waals surface area (Å²) in [4.78, 5) is 34.6. The molecule has 28 heavy (non-hydrogen) atoms. The summed E-state index contributed by atoms with van der Waals surface area (Å²) in [5, 5.41) is 17.0. The summed E-state index contributed by atoms with van der Waals surface area (Å²) < 4.78 is 4.66. The molecule has 0 fully saturated rings. The molecule has 0 saturated heterocycles. The van der Waals surface area contributed by atoms with Crippen LogP contribution in [0.4, 0.5) is 11.4 Å². The van der Waals surface area contributed by atoms with Crippen molar-refractivity contribution in [3.8, 4) is 0 Å². The number of non-ortho nitro benzene ring substituents is 1. The van der Waals surface area contributed by atoms with Crippen LogP contribution in [0.2, 0.25) is 0 Å². The summed E-state index contributed by atoms with van der Waals surface area (Å²) in [5.41, 5.74) is 1.36. The van der Waals surface area contributed by atoms with Gasteiger partial charge in [-0.05, 0) is 44.5 Å². The van der Waals surface area contributed by atoms with Crippen molar-refractivity contribution in [3.05, 3.63) is 69.3 Å². The van der Waals surface area contributed by atoms with E-state index in [0.717, 1.165) is 5.56 Å². The lowest BCUT2D eigenvalue weighted by Crippen LogP contribution is -2.40. The van der Waals surface area contributed by atoms with Gasteiger partial charge in [0.05, 0.1) is 28.8 Å². The molecule has 148 valence electrons. The smallest absolute Gasteiger partial charge is 0.337 e. The number of nitro groups is 1. The van der Waals surface area contributed by atoms with Gasteiger partial charge in [-0.15, -0.1) is 0 Å². The van der Waals surface area contributed by atoms with E-state index in [4.69, 9.17) is 0 Å². The molecular weight excluding hydrogens is 362 g/mol. The van der Waals surface area contributed by atoms with Crippen LogP contribution >= 0.6 is 0 Å². The van der Waals surface area contributed by atoms with Gasteiger partial charge in [0.1, 0.15) is 0 Å². The van der Waals surface area contributed by atoms with Crippen LogP contribution in [-0.2, 0) is 11.3 Å². The van der Waals surface area contributed by atoms with Gasteiger partial charge >= 0.3 is 5.97 Å². The van der Waals surface area contributed by atoms with E-state index in [9.17, 15) is 19.7 Å². The van der Waals surface area contributed by atoms with E-state index in [1.165, 1.54) is 25.3 Å². The molecule has 0 spiro atoms. The van der Waals surface area contributed by atoms with Crippen molar-refractivity contribution in [2.45, 2.75) is 32.9 Å². The van der Waals surface area contributed by atoms with E-state index >= 15 is 0 Å². The normalized spacial score (nSPS) is 10.9. The molecule has 2 aromatic carbocycles. The third-order valence-corrected chi connectivity index (χ3v) is 3.81. The largest absolute Gasteiger partial charge is 0.465 e.